The predicted molar refractivity (Wildman–Crippen MR) is 118 cm³/mol. The van der Waals surface area contributed by atoms with Gasteiger partial charge in [0, 0.05) is 63.4 Å². The van der Waals surface area contributed by atoms with Crippen molar-refractivity contribution in [3.05, 3.63) is 65.6 Å². The van der Waals surface area contributed by atoms with E-state index in [9.17, 15) is 9.59 Å². The maximum Gasteiger partial charge on any atom is 0.223 e. The number of ether oxygens (including phenoxy) is 1. The summed E-state index contributed by atoms with van der Waals surface area (Å²) < 4.78 is 7.69. The van der Waals surface area contributed by atoms with Crippen LogP contribution in [0.5, 0.6) is 5.75 Å². The molecule has 1 atom stereocenters. The van der Waals surface area contributed by atoms with Crippen LogP contribution in [0.3, 0.4) is 0 Å². The van der Waals surface area contributed by atoms with Crippen molar-refractivity contribution >= 4 is 17.5 Å². The van der Waals surface area contributed by atoms with Gasteiger partial charge in [-0.2, -0.15) is 0 Å². The van der Waals surface area contributed by atoms with Crippen LogP contribution in [0.2, 0.25) is 0 Å². The number of nitrogens with zero attached hydrogens (tertiary/aromatic N) is 4. The molecular formula is C24H28N4O3. The third-order valence-corrected chi connectivity index (χ3v) is 6.09. The van der Waals surface area contributed by atoms with Gasteiger partial charge in [-0.3, -0.25) is 9.59 Å². The van der Waals surface area contributed by atoms with Crippen molar-refractivity contribution in [2.24, 2.45) is 0 Å². The number of imidazole rings is 1. The van der Waals surface area contributed by atoms with Crippen LogP contribution in [0, 0.1) is 6.92 Å². The van der Waals surface area contributed by atoms with E-state index in [1.165, 1.54) is 0 Å². The zero-order valence-corrected chi connectivity index (χ0v) is 18.2. The Morgan fingerprint density at radius 1 is 1.06 bits per heavy atom. The van der Waals surface area contributed by atoms with Gasteiger partial charge >= 0.3 is 0 Å². The summed E-state index contributed by atoms with van der Waals surface area (Å²) in [6, 6.07) is 11.9. The molecular weight excluding hydrogens is 392 g/mol. The van der Waals surface area contributed by atoms with Crippen molar-refractivity contribution in [1.82, 2.24) is 19.2 Å². The fraction of sp³-hybridized carbons (Fsp3) is 0.375. The van der Waals surface area contributed by atoms with Gasteiger partial charge in [-0.05, 0) is 24.6 Å². The zero-order valence-electron chi connectivity index (χ0n) is 18.2. The molecule has 1 aliphatic heterocycles. The average Bonchev–Trinajstić information content (AvgIpc) is 3.22. The van der Waals surface area contributed by atoms with Crippen molar-refractivity contribution in [2.45, 2.75) is 26.2 Å². The first-order valence-electron chi connectivity index (χ1n) is 10.6. The van der Waals surface area contributed by atoms with E-state index in [-0.39, 0.29) is 17.7 Å². The summed E-state index contributed by atoms with van der Waals surface area (Å²) >= 11 is 0. The number of rotatable bonds is 5. The van der Waals surface area contributed by atoms with E-state index < -0.39 is 0 Å². The molecule has 1 fully saturated rings. The molecule has 0 saturated carbocycles. The van der Waals surface area contributed by atoms with E-state index in [1.807, 2.05) is 60.6 Å². The molecule has 1 aliphatic rings. The van der Waals surface area contributed by atoms with Gasteiger partial charge in [-0.1, -0.05) is 24.3 Å². The van der Waals surface area contributed by atoms with E-state index in [0.29, 0.717) is 32.6 Å². The molecule has 1 unspecified atom stereocenters. The van der Waals surface area contributed by atoms with Crippen LogP contribution in [0.25, 0.3) is 5.65 Å². The molecule has 3 aromatic rings. The topological polar surface area (TPSA) is 67.2 Å². The lowest BCUT2D eigenvalue weighted by atomic mass is 9.91. The zero-order chi connectivity index (χ0) is 22.0. The van der Waals surface area contributed by atoms with Crippen LogP contribution in [0.4, 0.5) is 0 Å². The summed E-state index contributed by atoms with van der Waals surface area (Å²) in [6.07, 6.45) is 4.16. The number of carbonyl (C=O) groups excluding carboxylic acids is 2. The number of aryl methyl sites for hydroxylation is 1. The third-order valence-electron chi connectivity index (χ3n) is 6.09. The first kappa shape index (κ1) is 20.9. The van der Waals surface area contributed by atoms with Crippen LogP contribution in [-0.2, 0) is 9.59 Å². The van der Waals surface area contributed by atoms with Crippen molar-refractivity contribution in [1.29, 1.82) is 0 Å². The number of benzene rings is 1. The van der Waals surface area contributed by atoms with E-state index in [2.05, 4.69) is 9.38 Å². The standard InChI is InChI=1S/C24H28N4O3/c1-17-7-6-10-28-21(16-25-24(17)28)20(19-8-4-5-9-22(19)31-3)15-23(30)27-13-11-26(12-14-27)18(2)29/h4-10,16,20H,11-15H2,1-3H3. The van der Waals surface area contributed by atoms with Gasteiger partial charge in [0.05, 0.1) is 12.8 Å². The number of fused-ring (bicyclic) bond motifs is 1. The van der Waals surface area contributed by atoms with Gasteiger partial charge in [0.25, 0.3) is 0 Å². The second-order valence-electron chi connectivity index (χ2n) is 7.95. The lowest BCUT2D eigenvalue weighted by molar-refractivity contribution is -0.138. The minimum atomic E-state index is -0.203. The molecule has 7 heteroatoms. The van der Waals surface area contributed by atoms with Gasteiger partial charge in [-0.15, -0.1) is 0 Å². The summed E-state index contributed by atoms with van der Waals surface area (Å²) in [5.74, 6) is 0.678. The van der Waals surface area contributed by atoms with Crippen LogP contribution < -0.4 is 4.74 Å². The summed E-state index contributed by atoms with van der Waals surface area (Å²) in [6.45, 7) is 5.88. The number of pyridine rings is 1. The number of aromatic nitrogens is 2. The first-order valence-corrected chi connectivity index (χ1v) is 10.6. The molecule has 162 valence electrons. The fourth-order valence-electron chi connectivity index (χ4n) is 4.33. The third kappa shape index (κ3) is 4.13. The van der Waals surface area contributed by atoms with E-state index in [1.54, 1.807) is 18.9 Å². The average molecular weight is 421 g/mol. The van der Waals surface area contributed by atoms with Crippen LogP contribution >= 0.6 is 0 Å². The normalized spacial score (nSPS) is 15.2. The highest BCUT2D eigenvalue weighted by Crippen LogP contribution is 2.35. The Morgan fingerprint density at radius 2 is 1.77 bits per heavy atom. The SMILES string of the molecule is COc1ccccc1C(CC(=O)N1CCN(C(C)=O)CC1)c1cnc2c(C)cccn12. The van der Waals surface area contributed by atoms with Gasteiger partial charge < -0.3 is 18.9 Å². The predicted octanol–water partition coefficient (Wildman–Crippen LogP) is 2.86. The smallest absolute Gasteiger partial charge is 0.223 e. The van der Waals surface area contributed by atoms with E-state index in [0.717, 1.165) is 28.2 Å². The Morgan fingerprint density at radius 3 is 2.48 bits per heavy atom. The Kier molecular flexibility index (Phi) is 5.93. The Labute approximate surface area is 182 Å². The lowest BCUT2D eigenvalue weighted by Gasteiger charge is -2.35. The Bertz CT molecular complexity index is 1100. The van der Waals surface area contributed by atoms with Gasteiger partial charge in [0.1, 0.15) is 11.4 Å². The van der Waals surface area contributed by atoms with Gasteiger partial charge in [0.2, 0.25) is 11.8 Å². The lowest BCUT2D eigenvalue weighted by Crippen LogP contribution is -2.50. The van der Waals surface area contributed by atoms with Crippen LogP contribution in [0.15, 0.2) is 48.8 Å². The molecule has 0 aliphatic carbocycles. The van der Waals surface area contributed by atoms with Crippen molar-refractivity contribution in [2.75, 3.05) is 33.3 Å². The minimum Gasteiger partial charge on any atom is -0.496 e. The van der Waals surface area contributed by atoms with Gasteiger partial charge in [-0.25, -0.2) is 4.98 Å². The van der Waals surface area contributed by atoms with Gasteiger partial charge in [0.15, 0.2) is 0 Å². The minimum absolute atomic E-state index is 0.0556. The molecule has 2 amide bonds. The number of hydrogen-bond acceptors (Lipinski definition) is 4. The Hall–Kier alpha value is -3.35. The molecule has 0 radical (unpaired) electrons. The van der Waals surface area contributed by atoms with E-state index in [4.69, 9.17) is 4.74 Å². The number of para-hydroxylation sites is 1. The quantitative estimate of drug-likeness (QED) is 0.637. The second-order valence-corrected chi connectivity index (χ2v) is 7.95. The first-order chi connectivity index (χ1) is 15.0. The van der Waals surface area contributed by atoms with Crippen molar-refractivity contribution in [3.63, 3.8) is 0 Å². The number of methoxy groups -OCH3 is 1. The highest BCUT2D eigenvalue weighted by Gasteiger charge is 2.29. The molecule has 0 bridgehead atoms. The molecule has 4 rings (SSSR count). The van der Waals surface area contributed by atoms with Crippen LogP contribution in [-0.4, -0.2) is 64.3 Å². The molecule has 0 spiro atoms. The summed E-state index contributed by atoms with van der Waals surface area (Å²) in [5.41, 5.74) is 3.89. The molecule has 1 saturated heterocycles. The highest BCUT2D eigenvalue weighted by molar-refractivity contribution is 5.79. The second kappa shape index (κ2) is 8.79. The number of piperazine rings is 1. The molecule has 7 nitrogen and oxygen atoms in total. The number of hydrogen-bond donors (Lipinski definition) is 0. The maximum atomic E-state index is 13.3. The van der Waals surface area contributed by atoms with Crippen molar-refractivity contribution < 1.29 is 14.3 Å². The molecule has 3 heterocycles. The maximum absolute atomic E-state index is 13.3. The fourth-order valence-corrected chi connectivity index (χ4v) is 4.33. The molecule has 31 heavy (non-hydrogen) atoms. The summed E-state index contributed by atoms with van der Waals surface area (Å²) in [4.78, 5) is 33.2. The molecule has 0 N–H and O–H groups in total. The monoisotopic (exact) mass is 420 g/mol. The van der Waals surface area contributed by atoms with E-state index >= 15 is 0 Å². The molecule has 2 aromatic heterocycles. The molecule has 1 aromatic carbocycles. The van der Waals surface area contributed by atoms with Crippen LogP contribution in [0.1, 0.15) is 36.1 Å². The number of carbonyl (C=O) groups is 2. The summed E-state index contributed by atoms with van der Waals surface area (Å²) in [7, 11) is 1.65. The number of amides is 2. The Balaban J connectivity index is 1.67. The van der Waals surface area contributed by atoms with Crippen molar-refractivity contribution in [3.8, 4) is 5.75 Å². The highest BCUT2D eigenvalue weighted by atomic mass is 16.5. The summed E-state index contributed by atoms with van der Waals surface area (Å²) in [5, 5.41) is 0. The largest absolute Gasteiger partial charge is 0.496 e.